The van der Waals surface area contributed by atoms with Gasteiger partial charge in [-0.1, -0.05) is 53.9 Å². The van der Waals surface area contributed by atoms with Crippen molar-refractivity contribution in [1.29, 1.82) is 0 Å². The summed E-state index contributed by atoms with van der Waals surface area (Å²) >= 11 is 0. The van der Waals surface area contributed by atoms with Crippen LogP contribution in [0.1, 0.15) is 110 Å². The molecule has 0 heterocycles. The molecular formula is C28H46O6. The van der Waals surface area contributed by atoms with E-state index in [1.165, 1.54) is 13.5 Å². The van der Waals surface area contributed by atoms with Crippen LogP contribution in [-0.2, 0) is 29.9 Å². The number of carbonyl (C=O) groups is 2. The van der Waals surface area contributed by atoms with Crippen LogP contribution in [0.15, 0.2) is 12.1 Å². The molecule has 0 spiro atoms. The zero-order valence-electron chi connectivity index (χ0n) is 22.4. The van der Waals surface area contributed by atoms with Crippen molar-refractivity contribution < 1.29 is 28.9 Å². The number of esters is 2. The minimum Gasteiger partial charge on any atom is -0.508 e. The van der Waals surface area contributed by atoms with Gasteiger partial charge in [0.15, 0.2) is 0 Å². The molecular weight excluding hydrogens is 432 g/mol. The third-order valence-electron chi connectivity index (χ3n) is 6.63. The molecule has 0 amide bonds. The van der Waals surface area contributed by atoms with E-state index in [1.54, 1.807) is 13.2 Å². The van der Waals surface area contributed by atoms with Gasteiger partial charge in [-0.05, 0) is 55.1 Å². The number of hydrogen-bond acceptors (Lipinski definition) is 6. The number of carbonyl (C=O) groups excluding carboxylic acids is 2. The van der Waals surface area contributed by atoms with Crippen LogP contribution in [0.3, 0.4) is 0 Å². The summed E-state index contributed by atoms with van der Waals surface area (Å²) in [5.41, 5.74) is 1.07. The molecule has 0 unspecified atom stereocenters. The lowest BCUT2D eigenvalue weighted by Crippen LogP contribution is -2.22. The molecule has 6 heteroatoms. The highest BCUT2D eigenvalue weighted by Crippen LogP contribution is 2.43. The predicted molar refractivity (Wildman–Crippen MR) is 136 cm³/mol. The SMILES string of the molecule is CCCCCCOC(=O)CCCC(C)(C)c1cc(OC)c(C(C)(C)CCCC(=O)OC)cc1O. The summed E-state index contributed by atoms with van der Waals surface area (Å²) in [7, 11) is 3.03. The summed E-state index contributed by atoms with van der Waals surface area (Å²) in [4.78, 5) is 23.5. The molecule has 1 rings (SSSR count). The third-order valence-corrected chi connectivity index (χ3v) is 6.63. The van der Waals surface area contributed by atoms with Crippen molar-refractivity contribution in [3.05, 3.63) is 23.3 Å². The van der Waals surface area contributed by atoms with Crippen molar-refractivity contribution in [2.45, 2.75) is 110 Å². The largest absolute Gasteiger partial charge is 0.508 e. The van der Waals surface area contributed by atoms with Crippen LogP contribution in [0.25, 0.3) is 0 Å². The summed E-state index contributed by atoms with van der Waals surface area (Å²) < 4.78 is 15.8. The number of benzene rings is 1. The van der Waals surface area contributed by atoms with E-state index in [9.17, 15) is 14.7 Å². The predicted octanol–water partition coefficient (Wildman–Crippen LogP) is 6.59. The Morgan fingerprint density at radius 3 is 1.97 bits per heavy atom. The summed E-state index contributed by atoms with van der Waals surface area (Å²) in [6, 6.07) is 3.71. The van der Waals surface area contributed by atoms with Crippen LogP contribution in [-0.4, -0.2) is 37.9 Å². The van der Waals surface area contributed by atoms with E-state index in [0.717, 1.165) is 49.0 Å². The fourth-order valence-corrected chi connectivity index (χ4v) is 4.32. The second-order valence-electron chi connectivity index (χ2n) is 10.4. The average molecular weight is 479 g/mol. The second kappa shape index (κ2) is 14.2. The van der Waals surface area contributed by atoms with Gasteiger partial charge in [-0.25, -0.2) is 0 Å². The first-order valence-electron chi connectivity index (χ1n) is 12.6. The molecule has 0 aliphatic heterocycles. The van der Waals surface area contributed by atoms with Crippen LogP contribution in [0.5, 0.6) is 11.5 Å². The molecule has 0 saturated heterocycles. The minimum absolute atomic E-state index is 0.154. The number of ether oxygens (including phenoxy) is 3. The van der Waals surface area contributed by atoms with Crippen molar-refractivity contribution in [3.63, 3.8) is 0 Å². The number of aromatic hydroxyl groups is 1. The normalized spacial score (nSPS) is 11.9. The standard InChI is InChI=1S/C28H46O6/c1-8-9-10-11-18-34-26(31)15-13-16-27(2,3)21-20-24(32-6)22(19-23(21)29)28(4,5)17-12-14-25(30)33-7/h19-20,29H,8-18H2,1-7H3. The third kappa shape index (κ3) is 9.55. The van der Waals surface area contributed by atoms with Crippen molar-refractivity contribution in [2.24, 2.45) is 0 Å². The highest BCUT2D eigenvalue weighted by atomic mass is 16.5. The molecule has 34 heavy (non-hydrogen) atoms. The Hall–Kier alpha value is -2.24. The van der Waals surface area contributed by atoms with E-state index in [0.29, 0.717) is 32.3 Å². The topological polar surface area (TPSA) is 82.1 Å². The quantitative estimate of drug-likeness (QED) is 0.213. The number of methoxy groups -OCH3 is 2. The Balaban J connectivity index is 2.80. The van der Waals surface area contributed by atoms with Gasteiger partial charge in [0.2, 0.25) is 0 Å². The van der Waals surface area contributed by atoms with E-state index in [1.807, 2.05) is 6.07 Å². The van der Waals surface area contributed by atoms with Crippen LogP contribution in [0.2, 0.25) is 0 Å². The fraction of sp³-hybridized carbons (Fsp3) is 0.714. The number of hydrogen-bond donors (Lipinski definition) is 1. The van der Waals surface area contributed by atoms with Gasteiger partial charge in [0.05, 0.1) is 20.8 Å². The molecule has 0 fully saturated rings. The molecule has 0 aliphatic rings. The highest BCUT2D eigenvalue weighted by molar-refractivity contribution is 5.69. The number of phenolic OH excluding ortho intramolecular Hbond substituents is 1. The lowest BCUT2D eigenvalue weighted by Gasteiger charge is -2.31. The zero-order valence-corrected chi connectivity index (χ0v) is 22.4. The zero-order chi connectivity index (χ0) is 25.8. The first-order valence-corrected chi connectivity index (χ1v) is 12.6. The molecule has 194 valence electrons. The molecule has 0 bridgehead atoms. The highest BCUT2D eigenvalue weighted by Gasteiger charge is 2.30. The van der Waals surface area contributed by atoms with Gasteiger partial charge in [-0.15, -0.1) is 0 Å². The van der Waals surface area contributed by atoms with Crippen molar-refractivity contribution in [2.75, 3.05) is 20.8 Å². The van der Waals surface area contributed by atoms with Gasteiger partial charge >= 0.3 is 11.9 Å². The molecule has 0 aromatic heterocycles. The molecule has 0 atom stereocenters. The Morgan fingerprint density at radius 2 is 1.41 bits per heavy atom. The van der Waals surface area contributed by atoms with Crippen molar-refractivity contribution in [1.82, 2.24) is 0 Å². The van der Waals surface area contributed by atoms with Gasteiger partial charge in [-0.3, -0.25) is 9.59 Å². The van der Waals surface area contributed by atoms with Gasteiger partial charge in [-0.2, -0.15) is 0 Å². The smallest absolute Gasteiger partial charge is 0.305 e. The van der Waals surface area contributed by atoms with Crippen LogP contribution in [0.4, 0.5) is 0 Å². The van der Waals surface area contributed by atoms with E-state index in [4.69, 9.17) is 14.2 Å². The Bertz CT molecular complexity index is 781. The lowest BCUT2D eigenvalue weighted by atomic mass is 9.75. The molecule has 1 aromatic carbocycles. The van der Waals surface area contributed by atoms with E-state index in [2.05, 4.69) is 34.6 Å². The molecule has 6 nitrogen and oxygen atoms in total. The molecule has 0 saturated carbocycles. The van der Waals surface area contributed by atoms with E-state index >= 15 is 0 Å². The maximum absolute atomic E-state index is 12.0. The van der Waals surface area contributed by atoms with Crippen molar-refractivity contribution >= 4 is 11.9 Å². The Morgan fingerprint density at radius 1 is 0.824 bits per heavy atom. The maximum atomic E-state index is 12.0. The van der Waals surface area contributed by atoms with Gasteiger partial charge in [0, 0.05) is 24.0 Å². The van der Waals surface area contributed by atoms with Crippen LogP contribution in [0, 0.1) is 0 Å². The molecule has 0 aliphatic carbocycles. The summed E-state index contributed by atoms with van der Waals surface area (Å²) in [6.07, 6.45) is 7.93. The summed E-state index contributed by atoms with van der Waals surface area (Å²) in [5.74, 6) is 0.567. The van der Waals surface area contributed by atoms with Gasteiger partial charge < -0.3 is 19.3 Å². The first-order chi connectivity index (χ1) is 16.0. The van der Waals surface area contributed by atoms with Crippen molar-refractivity contribution in [3.8, 4) is 11.5 Å². The molecule has 1 N–H and O–H groups in total. The Labute approximate surface area is 206 Å². The molecule has 0 radical (unpaired) electrons. The second-order valence-corrected chi connectivity index (χ2v) is 10.4. The number of rotatable bonds is 16. The Kier molecular flexibility index (Phi) is 12.5. The van der Waals surface area contributed by atoms with Crippen LogP contribution < -0.4 is 4.74 Å². The fourth-order valence-electron chi connectivity index (χ4n) is 4.32. The lowest BCUT2D eigenvalue weighted by molar-refractivity contribution is -0.144. The van der Waals surface area contributed by atoms with E-state index < -0.39 is 0 Å². The van der Waals surface area contributed by atoms with E-state index in [-0.39, 0.29) is 28.5 Å². The first kappa shape index (κ1) is 29.8. The number of unbranched alkanes of at least 4 members (excludes halogenated alkanes) is 3. The molecule has 1 aromatic rings. The monoisotopic (exact) mass is 478 g/mol. The summed E-state index contributed by atoms with van der Waals surface area (Å²) in [5, 5.41) is 10.9. The average Bonchev–Trinajstić information content (AvgIpc) is 2.78. The van der Waals surface area contributed by atoms with Gasteiger partial charge in [0.25, 0.3) is 0 Å². The minimum atomic E-state index is -0.341. The maximum Gasteiger partial charge on any atom is 0.305 e. The number of phenols is 1. The van der Waals surface area contributed by atoms with Crippen LogP contribution >= 0.6 is 0 Å². The van der Waals surface area contributed by atoms with Gasteiger partial charge in [0.1, 0.15) is 11.5 Å². The summed E-state index contributed by atoms with van der Waals surface area (Å²) in [6.45, 7) is 11.0.